The molecule has 1 aromatic carbocycles. The van der Waals surface area contributed by atoms with E-state index in [1.165, 1.54) is 0 Å². The Morgan fingerprint density at radius 1 is 1.24 bits per heavy atom. The van der Waals surface area contributed by atoms with E-state index in [4.69, 9.17) is 4.74 Å². The minimum atomic E-state index is -0.468. The monoisotopic (exact) mass is 290 g/mol. The van der Waals surface area contributed by atoms with Crippen LogP contribution in [0.5, 0.6) is 0 Å². The van der Waals surface area contributed by atoms with E-state index in [2.05, 4.69) is 10.2 Å². The van der Waals surface area contributed by atoms with Gasteiger partial charge in [0.05, 0.1) is 12.0 Å². The van der Waals surface area contributed by atoms with Gasteiger partial charge >= 0.3 is 5.97 Å². The van der Waals surface area contributed by atoms with Crippen molar-refractivity contribution in [1.82, 2.24) is 10.2 Å². The van der Waals surface area contributed by atoms with E-state index in [-0.39, 0.29) is 5.97 Å². The number of nitrogens with one attached hydrogen (secondary N) is 1. The van der Waals surface area contributed by atoms with Crippen LogP contribution in [0.15, 0.2) is 30.3 Å². The molecule has 0 saturated carbocycles. The van der Waals surface area contributed by atoms with Gasteiger partial charge in [-0.1, -0.05) is 30.3 Å². The second-order valence-corrected chi connectivity index (χ2v) is 5.99. The van der Waals surface area contributed by atoms with E-state index in [1.54, 1.807) is 0 Å². The number of carbonyl (C=O) groups is 1. The van der Waals surface area contributed by atoms with Crippen molar-refractivity contribution < 1.29 is 9.53 Å². The zero-order chi connectivity index (χ0) is 15.1. The van der Waals surface area contributed by atoms with Gasteiger partial charge in [-0.2, -0.15) is 0 Å². The zero-order valence-electron chi connectivity index (χ0n) is 13.1. The summed E-state index contributed by atoms with van der Waals surface area (Å²) < 4.78 is 5.60. The molecule has 0 aromatic heterocycles. The highest BCUT2D eigenvalue weighted by Gasteiger charge is 2.42. The summed E-state index contributed by atoms with van der Waals surface area (Å²) in [6.45, 7) is 3.16. The SMILES string of the molecule is CN(C)CCCOC(=O)C1(c2ccccc2)CCNCC1. The summed E-state index contributed by atoms with van der Waals surface area (Å²) >= 11 is 0. The molecule has 1 saturated heterocycles. The summed E-state index contributed by atoms with van der Waals surface area (Å²) in [5, 5.41) is 3.33. The van der Waals surface area contributed by atoms with E-state index in [0.717, 1.165) is 44.5 Å². The average Bonchev–Trinajstić information content (AvgIpc) is 2.52. The van der Waals surface area contributed by atoms with E-state index in [0.29, 0.717) is 6.61 Å². The number of ether oxygens (including phenoxy) is 1. The van der Waals surface area contributed by atoms with Crippen molar-refractivity contribution in [1.29, 1.82) is 0 Å². The van der Waals surface area contributed by atoms with E-state index < -0.39 is 5.41 Å². The van der Waals surface area contributed by atoms with E-state index in [1.807, 2.05) is 44.4 Å². The van der Waals surface area contributed by atoms with Crippen molar-refractivity contribution >= 4 is 5.97 Å². The Kier molecular flexibility index (Phi) is 5.76. The lowest BCUT2D eigenvalue weighted by Gasteiger charge is -2.35. The molecule has 1 aromatic rings. The molecule has 4 heteroatoms. The van der Waals surface area contributed by atoms with Gasteiger partial charge in [0.1, 0.15) is 0 Å². The molecule has 4 nitrogen and oxygen atoms in total. The molecule has 21 heavy (non-hydrogen) atoms. The standard InChI is InChI=1S/C17H26N2O2/c1-19(2)13-6-14-21-16(20)17(9-11-18-12-10-17)15-7-4-3-5-8-15/h3-5,7-8,18H,6,9-14H2,1-2H3. The minimum Gasteiger partial charge on any atom is -0.465 e. The predicted octanol–water partition coefficient (Wildman–Crippen LogP) is 1.80. The van der Waals surface area contributed by atoms with Gasteiger partial charge < -0.3 is 15.0 Å². The van der Waals surface area contributed by atoms with Crippen molar-refractivity contribution in [2.75, 3.05) is 40.3 Å². The molecule has 116 valence electrons. The smallest absolute Gasteiger partial charge is 0.316 e. The molecule has 1 fully saturated rings. The van der Waals surface area contributed by atoms with Crippen molar-refractivity contribution in [2.24, 2.45) is 0 Å². The second kappa shape index (κ2) is 7.57. The molecule has 1 aliphatic rings. The maximum absolute atomic E-state index is 12.7. The van der Waals surface area contributed by atoms with Crippen molar-refractivity contribution in [2.45, 2.75) is 24.7 Å². The third kappa shape index (κ3) is 4.05. The van der Waals surface area contributed by atoms with Crippen LogP contribution in [0.25, 0.3) is 0 Å². The van der Waals surface area contributed by atoms with Crippen LogP contribution in [0, 0.1) is 0 Å². The van der Waals surface area contributed by atoms with Gasteiger partial charge in [0.15, 0.2) is 0 Å². The maximum atomic E-state index is 12.7. The lowest BCUT2D eigenvalue weighted by atomic mass is 9.73. The van der Waals surface area contributed by atoms with E-state index in [9.17, 15) is 4.79 Å². The predicted molar refractivity (Wildman–Crippen MR) is 84.4 cm³/mol. The van der Waals surface area contributed by atoms with Crippen LogP contribution in [0.1, 0.15) is 24.8 Å². The summed E-state index contributed by atoms with van der Waals surface area (Å²) in [5.74, 6) is -0.0612. The first-order valence-electron chi connectivity index (χ1n) is 7.73. The third-order valence-electron chi connectivity index (χ3n) is 4.16. The van der Waals surface area contributed by atoms with Crippen molar-refractivity contribution in [3.63, 3.8) is 0 Å². The lowest BCUT2D eigenvalue weighted by molar-refractivity contribution is -0.152. The highest BCUT2D eigenvalue weighted by molar-refractivity contribution is 5.83. The first-order chi connectivity index (χ1) is 10.1. The molecule has 1 N–H and O–H groups in total. The van der Waals surface area contributed by atoms with Crippen molar-refractivity contribution in [3.8, 4) is 0 Å². The maximum Gasteiger partial charge on any atom is 0.316 e. The minimum absolute atomic E-state index is 0.0612. The molecule has 1 aliphatic heterocycles. The van der Waals surface area contributed by atoms with Crippen LogP contribution in [0.3, 0.4) is 0 Å². The number of piperidine rings is 1. The number of esters is 1. The van der Waals surface area contributed by atoms with Crippen molar-refractivity contribution in [3.05, 3.63) is 35.9 Å². The summed E-state index contributed by atoms with van der Waals surface area (Å²) in [4.78, 5) is 14.8. The average molecular weight is 290 g/mol. The summed E-state index contributed by atoms with van der Waals surface area (Å²) in [6.07, 6.45) is 2.49. The molecule has 0 bridgehead atoms. The Bertz CT molecular complexity index is 439. The van der Waals surface area contributed by atoms with Crippen LogP contribution in [-0.4, -0.2) is 51.2 Å². The molecule has 0 unspecified atom stereocenters. The molecule has 0 atom stereocenters. The van der Waals surface area contributed by atoms with Gasteiger partial charge in [-0.15, -0.1) is 0 Å². The summed E-state index contributed by atoms with van der Waals surface area (Å²) in [5.41, 5.74) is 0.620. The number of hydrogen-bond acceptors (Lipinski definition) is 4. The Morgan fingerprint density at radius 3 is 2.52 bits per heavy atom. The number of hydrogen-bond donors (Lipinski definition) is 1. The van der Waals surface area contributed by atoms with Gasteiger partial charge in [-0.05, 0) is 52.0 Å². The Hall–Kier alpha value is -1.39. The molecule has 0 amide bonds. The summed E-state index contributed by atoms with van der Waals surface area (Å²) in [6, 6.07) is 10.1. The number of carbonyl (C=O) groups excluding carboxylic acids is 1. The highest BCUT2D eigenvalue weighted by Crippen LogP contribution is 2.34. The lowest BCUT2D eigenvalue weighted by Crippen LogP contribution is -2.46. The van der Waals surface area contributed by atoms with Crippen LogP contribution < -0.4 is 5.32 Å². The van der Waals surface area contributed by atoms with Gasteiger partial charge in [-0.25, -0.2) is 0 Å². The molecule has 0 aliphatic carbocycles. The van der Waals surface area contributed by atoms with Crippen LogP contribution in [0.2, 0.25) is 0 Å². The second-order valence-electron chi connectivity index (χ2n) is 5.99. The van der Waals surface area contributed by atoms with Crippen LogP contribution in [-0.2, 0) is 14.9 Å². The van der Waals surface area contributed by atoms with E-state index >= 15 is 0 Å². The normalized spacial score (nSPS) is 17.7. The fourth-order valence-corrected chi connectivity index (χ4v) is 2.91. The molecule has 1 heterocycles. The number of benzene rings is 1. The fraction of sp³-hybridized carbons (Fsp3) is 0.588. The molecular formula is C17H26N2O2. The highest BCUT2D eigenvalue weighted by atomic mass is 16.5. The first kappa shape index (κ1) is 16.0. The van der Waals surface area contributed by atoms with Gasteiger partial charge in [-0.3, -0.25) is 4.79 Å². The first-order valence-corrected chi connectivity index (χ1v) is 7.73. The summed E-state index contributed by atoms with van der Waals surface area (Å²) in [7, 11) is 4.06. The van der Waals surface area contributed by atoms with Crippen LogP contribution in [0.4, 0.5) is 0 Å². The molecule has 0 spiro atoms. The molecule has 0 radical (unpaired) electrons. The third-order valence-corrected chi connectivity index (χ3v) is 4.16. The Labute approximate surface area is 127 Å². The number of rotatable bonds is 6. The fourth-order valence-electron chi connectivity index (χ4n) is 2.91. The topological polar surface area (TPSA) is 41.6 Å². The zero-order valence-corrected chi connectivity index (χ0v) is 13.1. The Balaban J connectivity index is 2.04. The van der Waals surface area contributed by atoms with Gasteiger partial charge in [0.25, 0.3) is 0 Å². The largest absolute Gasteiger partial charge is 0.465 e. The van der Waals surface area contributed by atoms with Crippen LogP contribution >= 0.6 is 0 Å². The Morgan fingerprint density at radius 2 is 1.90 bits per heavy atom. The number of nitrogens with zero attached hydrogens (tertiary/aromatic N) is 1. The van der Waals surface area contributed by atoms with Gasteiger partial charge in [0, 0.05) is 6.54 Å². The quantitative estimate of drug-likeness (QED) is 0.641. The van der Waals surface area contributed by atoms with Gasteiger partial charge in [0.2, 0.25) is 0 Å². The molecule has 2 rings (SSSR count). The molecular weight excluding hydrogens is 264 g/mol.